The summed E-state index contributed by atoms with van der Waals surface area (Å²) >= 11 is 0. The number of hydrogen-bond donors (Lipinski definition) is 1. The molecule has 0 bridgehead atoms. The molecule has 0 spiro atoms. The molecule has 1 aromatic heterocycles. The molecule has 0 saturated carbocycles. The molecule has 1 amide bonds. The molecule has 1 atom stereocenters. The maximum Gasteiger partial charge on any atom is 0.248 e. The molecule has 1 aromatic carbocycles. The van der Waals surface area contributed by atoms with Gasteiger partial charge in [-0.05, 0) is 56.5 Å². The van der Waals surface area contributed by atoms with Crippen LogP contribution in [0.4, 0.5) is 11.4 Å². The van der Waals surface area contributed by atoms with E-state index in [-0.39, 0.29) is 11.9 Å². The first-order valence-electron chi connectivity index (χ1n) is 7.89. The van der Waals surface area contributed by atoms with Crippen LogP contribution in [-0.2, 0) is 4.79 Å². The summed E-state index contributed by atoms with van der Waals surface area (Å²) in [5.74, 6) is -0.0607. The molecule has 2 heterocycles. The van der Waals surface area contributed by atoms with Gasteiger partial charge < -0.3 is 10.2 Å². The van der Waals surface area contributed by atoms with Gasteiger partial charge in [0.1, 0.15) is 6.04 Å². The fourth-order valence-corrected chi connectivity index (χ4v) is 2.78. The molecule has 1 saturated heterocycles. The third-order valence-corrected chi connectivity index (χ3v) is 4.16. The van der Waals surface area contributed by atoms with Gasteiger partial charge in [-0.15, -0.1) is 0 Å². The van der Waals surface area contributed by atoms with Crippen molar-refractivity contribution in [3.05, 3.63) is 42.7 Å². The third-order valence-electron chi connectivity index (χ3n) is 4.16. The maximum absolute atomic E-state index is 12.2. The Kier molecular flexibility index (Phi) is 4.42. The maximum atomic E-state index is 12.2. The van der Waals surface area contributed by atoms with Crippen molar-refractivity contribution in [3.63, 3.8) is 0 Å². The summed E-state index contributed by atoms with van der Waals surface area (Å²) < 4.78 is 1.65. The predicted octanol–water partition coefficient (Wildman–Crippen LogP) is 3.07. The molecule has 1 fully saturated rings. The summed E-state index contributed by atoms with van der Waals surface area (Å²) in [6.07, 6.45) is 7.33. The molecule has 116 valence electrons. The zero-order chi connectivity index (χ0) is 15.4. The SMILES string of the molecule is CC(C(=O)Nc1ccc(N2CCCCC2)cc1)n1cccn1. The standard InChI is InChI=1S/C17H22N4O/c1-14(21-13-5-10-18-21)17(22)19-15-6-8-16(9-7-15)20-11-3-2-4-12-20/h5-10,13-14H,2-4,11-12H2,1H3,(H,19,22). The average molecular weight is 298 g/mol. The van der Waals surface area contributed by atoms with Crippen LogP contribution < -0.4 is 10.2 Å². The molecule has 1 N–H and O–H groups in total. The molecule has 1 aliphatic heterocycles. The van der Waals surface area contributed by atoms with E-state index < -0.39 is 0 Å². The molecule has 5 nitrogen and oxygen atoms in total. The largest absolute Gasteiger partial charge is 0.372 e. The Labute approximate surface area is 130 Å². The van der Waals surface area contributed by atoms with E-state index in [1.165, 1.54) is 24.9 Å². The van der Waals surface area contributed by atoms with Crippen molar-refractivity contribution in [2.75, 3.05) is 23.3 Å². The summed E-state index contributed by atoms with van der Waals surface area (Å²) in [5, 5.41) is 7.05. The predicted molar refractivity (Wildman–Crippen MR) is 88.1 cm³/mol. The second kappa shape index (κ2) is 6.64. The van der Waals surface area contributed by atoms with E-state index >= 15 is 0 Å². The van der Waals surface area contributed by atoms with Crippen LogP contribution in [0.25, 0.3) is 0 Å². The van der Waals surface area contributed by atoms with Gasteiger partial charge in [-0.1, -0.05) is 0 Å². The fourth-order valence-electron chi connectivity index (χ4n) is 2.78. The molecular formula is C17H22N4O. The number of benzene rings is 1. The van der Waals surface area contributed by atoms with Gasteiger partial charge in [0.05, 0.1) is 0 Å². The van der Waals surface area contributed by atoms with Crippen molar-refractivity contribution in [2.45, 2.75) is 32.2 Å². The number of rotatable bonds is 4. The van der Waals surface area contributed by atoms with Crippen molar-refractivity contribution >= 4 is 17.3 Å². The minimum absolute atomic E-state index is 0.0607. The first-order valence-corrected chi connectivity index (χ1v) is 7.89. The lowest BCUT2D eigenvalue weighted by molar-refractivity contribution is -0.119. The van der Waals surface area contributed by atoms with Gasteiger partial charge >= 0.3 is 0 Å². The van der Waals surface area contributed by atoms with Crippen molar-refractivity contribution < 1.29 is 4.79 Å². The Morgan fingerprint density at radius 3 is 2.55 bits per heavy atom. The number of carbonyl (C=O) groups excluding carboxylic acids is 1. The summed E-state index contributed by atoms with van der Waals surface area (Å²) in [5.41, 5.74) is 2.06. The molecule has 3 rings (SSSR count). The quantitative estimate of drug-likeness (QED) is 0.943. The molecule has 1 aliphatic rings. The van der Waals surface area contributed by atoms with Crippen molar-refractivity contribution in [1.82, 2.24) is 9.78 Å². The third kappa shape index (κ3) is 3.30. The minimum atomic E-state index is -0.322. The smallest absolute Gasteiger partial charge is 0.248 e. The van der Waals surface area contributed by atoms with Gasteiger partial charge in [-0.25, -0.2) is 0 Å². The van der Waals surface area contributed by atoms with Crippen LogP contribution in [0.2, 0.25) is 0 Å². The fraction of sp³-hybridized carbons (Fsp3) is 0.412. The van der Waals surface area contributed by atoms with Gasteiger partial charge in [0.15, 0.2) is 0 Å². The summed E-state index contributed by atoms with van der Waals surface area (Å²) in [7, 11) is 0. The zero-order valence-electron chi connectivity index (χ0n) is 12.9. The summed E-state index contributed by atoms with van der Waals surface area (Å²) in [6, 6.07) is 9.60. The van der Waals surface area contributed by atoms with Crippen molar-refractivity contribution in [1.29, 1.82) is 0 Å². The normalized spacial score (nSPS) is 16.3. The molecular weight excluding hydrogens is 276 g/mol. The number of nitrogens with one attached hydrogen (secondary N) is 1. The first-order chi connectivity index (χ1) is 10.7. The van der Waals surface area contributed by atoms with E-state index in [1.807, 2.05) is 25.1 Å². The number of amides is 1. The van der Waals surface area contributed by atoms with Crippen LogP contribution in [0, 0.1) is 0 Å². The van der Waals surface area contributed by atoms with E-state index in [9.17, 15) is 4.79 Å². The minimum Gasteiger partial charge on any atom is -0.372 e. The van der Waals surface area contributed by atoms with Crippen molar-refractivity contribution in [2.24, 2.45) is 0 Å². The highest BCUT2D eigenvalue weighted by Gasteiger charge is 2.15. The Balaban J connectivity index is 1.62. The molecule has 5 heteroatoms. The van der Waals surface area contributed by atoms with Crippen molar-refractivity contribution in [3.8, 4) is 0 Å². The molecule has 2 aromatic rings. The monoisotopic (exact) mass is 298 g/mol. The Morgan fingerprint density at radius 2 is 1.91 bits per heavy atom. The van der Waals surface area contributed by atoms with Crippen LogP contribution in [0.1, 0.15) is 32.2 Å². The Bertz CT molecular complexity index is 600. The Hall–Kier alpha value is -2.30. The second-order valence-corrected chi connectivity index (χ2v) is 5.75. The topological polar surface area (TPSA) is 50.2 Å². The summed E-state index contributed by atoms with van der Waals surface area (Å²) in [4.78, 5) is 14.6. The van der Waals surface area contributed by atoms with Crippen LogP contribution in [0.5, 0.6) is 0 Å². The number of carbonyl (C=O) groups is 1. The van der Waals surface area contributed by atoms with Crippen LogP contribution in [0.15, 0.2) is 42.7 Å². The lowest BCUT2D eigenvalue weighted by Gasteiger charge is -2.28. The van der Waals surface area contributed by atoms with E-state index in [2.05, 4.69) is 27.4 Å². The van der Waals surface area contributed by atoms with E-state index in [4.69, 9.17) is 0 Å². The lowest BCUT2D eigenvalue weighted by atomic mass is 10.1. The summed E-state index contributed by atoms with van der Waals surface area (Å²) in [6.45, 7) is 4.09. The van der Waals surface area contributed by atoms with E-state index in [0.29, 0.717) is 0 Å². The average Bonchev–Trinajstić information content (AvgIpc) is 3.10. The van der Waals surface area contributed by atoms with Gasteiger partial charge in [0.2, 0.25) is 5.91 Å². The number of aromatic nitrogens is 2. The molecule has 0 radical (unpaired) electrons. The highest BCUT2D eigenvalue weighted by Crippen LogP contribution is 2.22. The first kappa shape index (κ1) is 14.6. The Morgan fingerprint density at radius 1 is 1.18 bits per heavy atom. The van der Waals surface area contributed by atoms with Gasteiger partial charge in [-0.2, -0.15) is 5.10 Å². The number of hydrogen-bond acceptors (Lipinski definition) is 3. The number of nitrogens with zero attached hydrogens (tertiary/aromatic N) is 3. The molecule has 1 unspecified atom stereocenters. The van der Waals surface area contributed by atoms with Crippen LogP contribution in [-0.4, -0.2) is 28.8 Å². The zero-order valence-corrected chi connectivity index (χ0v) is 12.9. The lowest BCUT2D eigenvalue weighted by Crippen LogP contribution is -2.29. The molecule has 0 aliphatic carbocycles. The highest BCUT2D eigenvalue weighted by molar-refractivity contribution is 5.93. The number of anilines is 2. The van der Waals surface area contributed by atoms with Gasteiger partial charge in [0.25, 0.3) is 0 Å². The number of piperidine rings is 1. The van der Waals surface area contributed by atoms with Crippen LogP contribution in [0.3, 0.4) is 0 Å². The highest BCUT2D eigenvalue weighted by atomic mass is 16.2. The van der Waals surface area contributed by atoms with Gasteiger partial charge in [0, 0.05) is 36.9 Å². The van der Waals surface area contributed by atoms with Gasteiger partial charge in [-0.3, -0.25) is 9.48 Å². The van der Waals surface area contributed by atoms with E-state index in [1.54, 1.807) is 17.1 Å². The second-order valence-electron chi connectivity index (χ2n) is 5.75. The van der Waals surface area contributed by atoms with Crippen LogP contribution >= 0.6 is 0 Å². The van der Waals surface area contributed by atoms with E-state index in [0.717, 1.165) is 18.8 Å². The molecule has 22 heavy (non-hydrogen) atoms.